The maximum Gasteiger partial charge on any atom is 0.121 e. The average Bonchev–Trinajstić information content (AvgIpc) is 2.94. The zero-order chi connectivity index (χ0) is 16.2. The van der Waals surface area contributed by atoms with Crippen LogP contribution in [0.4, 0.5) is 0 Å². The van der Waals surface area contributed by atoms with Crippen molar-refractivity contribution in [2.24, 2.45) is 0 Å². The van der Waals surface area contributed by atoms with E-state index in [4.69, 9.17) is 9.72 Å². The summed E-state index contributed by atoms with van der Waals surface area (Å²) in [5, 5.41) is 0. The topological polar surface area (TPSA) is 27.1 Å². The Morgan fingerprint density at radius 2 is 1.87 bits per heavy atom. The molecule has 23 heavy (non-hydrogen) atoms. The van der Waals surface area contributed by atoms with Gasteiger partial charge < -0.3 is 9.30 Å². The smallest absolute Gasteiger partial charge is 0.121 e. The summed E-state index contributed by atoms with van der Waals surface area (Å²) in [5.41, 5.74) is 3.61. The van der Waals surface area contributed by atoms with E-state index in [1.165, 1.54) is 11.1 Å². The molecule has 0 atom stereocenters. The predicted molar refractivity (Wildman–Crippen MR) is 95.1 cm³/mol. The number of nitrogens with zero attached hydrogens (tertiary/aromatic N) is 2. The first-order valence-electron chi connectivity index (χ1n) is 8.27. The van der Waals surface area contributed by atoms with Gasteiger partial charge in [-0.3, -0.25) is 0 Å². The molecule has 1 heterocycles. The number of aryl methyl sites for hydroxylation is 2. The molecule has 0 bridgehead atoms. The highest BCUT2D eigenvalue weighted by molar-refractivity contribution is 5.78. The lowest BCUT2D eigenvalue weighted by Crippen LogP contribution is -2.06. The Morgan fingerprint density at radius 3 is 2.57 bits per heavy atom. The number of aromatic nitrogens is 2. The molecular weight excluding hydrogens is 284 g/mol. The normalized spacial score (nSPS) is 11.3. The third-order valence-corrected chi connectivity index (χ3v) is 4.19. The Labute approximate surface area is 137 Å². The van der Waals surface area contributed by atoms with Crippen LogP contribution >= 0.6 is 0 Å². The Hall–Kier alpha value is -2.29. The van der Waals surface area contributed by atoms with E-state index in [-0.39, 0.29) is 0 Å². The number of hydrogen-bond donors (Lipinski definition) is 0. The fraction of sp³-hybridized carbons (Fsp3) is 0.350. The summed E-state index contributed by atoms with van der Waals surface area (Å²) < 4.78 is 7.69. The zero-order valence-electron chi connectivity index (χ0n) is 14.1. The molecule has 0 unspecified atom stereocenters. The summed E-state index contributed by atoms with van der Waals surface area (Å²) >= 11 is 0. The van der Waals surface area contributed by atoms with Gasteiger partial charge in [0.05, 0.1) is 18.1 Å². The van der Waals surface area contributed by atoms with Crippen molar-refractivity contribution in [3.8, 4) is 5.75 Å². The second-order valence-corrected chi connectivity index (χ2v) is 6.22. The predicted octanol–water partition coefficient (Wildman–Crippen LogP) is 4.80. The van der Waals surface area contributed by atoms with E-state index in [2.05, 4.69) is 54.8 Å². The second kappa shape index (κ2) is 6.86. The Morgan fingerprint density at radius 1 is 1.09 bits per heavy atom. The highest BCUT2D eigenvalue weighted by Crippen LogP contribution is 2.25. The molecule has 0 aliphatic rings. The lowest BCUT2D eigenvalue weighted by Gasteiger charge is -2.11. The highest BCUT2D eigenvalue weighted by Gasteiger charge is 2.14. The first kappa shape index (κ1) is 15.6. The number of ether oxygens (including phenoxy) is 1. The summed E-state index contributed by atoms with van der Waals surface area (Å²) in [6, 6.07) is 16.8. The molecule has 0 radical (unpaired) electrons. The Balaban J connectivity index is 1.84. The molecule has 3 rings (SSSR count). The average molecular weight is 308 g/mol. The van der Waals surface area contributed by atoms with Gasteiger partial charge in [-0.15, -0.1) is 0 Å². The van der Waals surface area contributed by atoms with Crippen LogP contribution in [0.15, 0.2) is 48.5 Å². The van der Waals surface area contributed by atoms with E-state index < -0.39 is 0 Å². The number of methoxy groups -OCH3 is 1. The second-order valence-electron chi connectivity index (χ2n) is 6.22. The summed E-state index contributed by atoms with van der Waals surface area (Å²) in [6.07, 6.45) is 2.20. The van der Waals surface area contributed by atoms with E-state index in [9.17, 15) is 0 Å². The number of imidazole rings is 1. The van der Waals surface area contributed by atoms with Gasteiger partial charge in [-0.05, 0) is 30.5 Å². The van der Waals surface area contributed by atoms with Crippen molar-refractivity contribution in [2.75, 3.05) is 7.11 Å². The van der Waals surface area contributed by atoms with Gasteiger partial charge in [0.1, 0.15) is 11.6 Å². The van der Waals surface area contributed by atoms with Gasteiger partial charge in [0.25, 0.3) is 0 Å². The highest BCUT2D eigenvalue weighted by atomic mass is 16.5. The van der Waals surface area contributed by atoms with Crippen molar-refractivity contribution >= 4 is 11.0 Å². The van der Waals surface area contributed by atoms with Crippen LogP contribution in [0, 0.1) is 0 Å². The largest absolute Gasteiger partial charge is 0.497 e. The van der Waals surface area contributed by atoms with Crippen molar-refractivity contribution in [1.29, 1.82) is 0 Å². The number of fused-ring (bicyclic) bond motifs is 1. The first-order chi connectivity index (χ1) is 11.2. The minimum atomic E-state index is 0.408. The van der Waals surface area contributed by atoms with Crippen LogP contribution in [0.2, 0.25) is 0 Å². The lowest BCUT2D eigenvalue weighted by molar-refractivity contribution is 0.415. The molecule has 2 aromatic carbocycles. The van der Waals surface area contributed by atoms with Crippen LogP contribution in [0.5, 0.6) is 5.75 Å². The summed E-state index contributed by atoms with van der Waals surface area (Å²) in [7, 11) is 1.70. The number of rotatable bonds is 6. The molecule has 0 N–H and O–H groups in total. The minimum Gasteiger partial charge on any atom is -0.497 e. The quantitative estimate of drug-likeness (QED) is 0.654. The summed E-state index contributed by atoms with van der Waals surface area (Å²) in [6.45, 7) is 5.39. The number of hydrogen-bond acceptors (Lipinski definition) is 2. The third kappa shape index (κ3) is 3.39. The number of benzene rings is 2. The molecule has 0 amide bonds. The molecule has 3 nitrogen and oxygen atoms in total. The Kier molecular flexibility index (Phi) is 4.65. The van der Waals surface area contributed by atoms with Gasteiger partial charge in [0.2, 0.25) is 0 Å². The van der Waals surface area contributed by atoms with Crippen molar-refractivity contribution in [3.05, 3.63) is 59.9 Å². The molecule has 0 saturated heterocycles. The third-order valence-electron chi connectivity index (χ3n) is 4.19. The first-order valence-corrected chi connectivity index (χ1v) is 8.27. The molecule has 1 aromatic heterocycles. The van der Waals surface area contributed by atoms with E-state index in [0.717, 1.165) is 36.5 Å². The van der Waals surface area contributed by atoms with Crippen LogP contribution in [-0.2, 0) is 13.0 Å². The fourth-order valence-electron chi connectivity index (χ4n) is 3.02. The van der Waals surface area contributed by atoms with Crippen molar-refractivity contribution in [3.63, 3.8) is 0 Å². The zero-order valence-corrected chi connectivity index (χ0v) is 14.1. The van der Waals surface area contributed by atoms with E-state index in [1.807, 2.05) is 12.1 Å². The van der Waals surface area contributed by atoms with Crippen molar-refractivity contribution in [1.82, 2.24) is 9.55 Å². The van der Waals surface area contributed by atoms with Crippen molar-refractivity contribution < 1.29 is 4.74 Å². The van der Waals surface area contributed by atoms with Crippen LogP contribution in [-0.4, -0.2) is 16.7 Å². The fourth-order valence-corrected chi connectivity index (χ4v) is 3.02. The molecule has 3 aromatic rings. The van der Waals surface area contributed by atoms with Gasteiger partial charge in [-0.1, -0.05) is 44.2 Å². The molecule has 0 fully saturated rings. The summed E-state index contributed by atoms with van der Waals surface area (Å²) in [4.78, 5) is 4.83. The van der Waals surface area contributed by atoms with Gasteiger partial charge in [0, 0.05) is 18.5 Å². The molecule has 0 aliphatic heterocycles. The molecule has 120 valence electrons. The van der Waals surface area contributed by atoms with Crippen LogP contribution < -0.4 is 4.74 Å². The van der Waals surface area contributed by atoms with E-state index in [0.29, 0.717) is 5.92 Å². The molecular formula is C20H24N2O. The van der Waals surface area contributed by atoms with Crippen LogP contribution in [0.25, 0.3) is 11.0 Å². The van der Waals surface area contributed by atoms with Gasteiger partial charge in [-0.25, -0.2) is 4.98 Å². The van der Waals surface area contributed by atoms with Crippen LogP contribution in [0.1, 0.15) is 37.6 Å². The van der Waals surface area contributed by atoms with Crippen molar-refractivity contribution in [2.45, 2.75) is 39.2 Å². The van der Waals surface area contributed by atoms with Crippen LogP contribution in [0.3, 0.4) is 0 Å². The molecule has 0 saturated carbocycles. The maximum absolute atomic E-state index is 5.32. The van der Waals surface area contributed by atoms with E-state index >= 15 is 0 Å². The monoisotopic (exact) mass is 308 g/mol. The molecule has 0 aliphatic carbocycles. The lowest BCUT2D eigenvalue weighted by atomic mass is 10.1. The van der Waals surface area contributed by atoms with Gasteiger partial charge in [-0.2, -0.15) is 0 Å². The maximum atomic E-state index is 5.32. The minimum absolute atomic E-state index is 0.408. The van der Waals surface area contributed by atoms with Gasteiger partial charge >= 0.3 is 0 Å². The van der Waals surface area contributed by atoms with E-state index in [1.54, 1.807) is 7.11 Å². The summed E-state index contributed by atoms with van der Waals surface area (Å²) in [5.74, 6) is 2.42. The SMILES string of the molecule is COc1ccc2c(c1)nc(C(C)C)n2CCCc1ccccc1. The Bertz CT molecular complexity index is 775. The molecule has 3 heteroatoms. The van der Waals surface area contributed by atoms with Gasteiger partial charge in [0.15, 0.2) is 0 Å². The standard InChI is InChI=1S/C20H24N2O/c1-15(2)20-21-18-14-17(23-3)11-12-19(18)22(20)13-7-10-16-8-5-4-6-9-16/h4-6,8-9,11-12,14-15H,7,10,13H2,1-3H3. The molecule has 0 spiro atoms.